The second-order valence-corrected chi connectivity index (χ2v) is 8.47. The van der Waals surface area contributed by atoms with Gasteiger partial charge in [0.15, 0.2) is 0 Å². The molecule has 1 saturated heterocycles. The summed E-state index contributed by atoms with van der Waals surface area (Å²) in [5.74, 6) is -0.454. The molecule has 5 heteroatoms. The van der Waals surface area contributed by atoms with Crippen molar-refractivity contribution < 1.29 is 19.1 Å². The van der Waals surface area contributed by atoms with E-state index in [1.54, 1.807) is 13.8 Å². The lowest BCUT2D eigenvalue weighted by Crippen LogP contribution is -2.50. The number of esters is 1. The quantitative estimate of drug-likeness (QED) is 0.562. The highest BCUT2D eigenvalue weighted by Crippen LogP contribution is 2.45. The van der Waals surface area contributed by atoms with Crippen molar-refractivity contribution in [2.45, 2.75) is 72.8 Å². The first-order valence-electron chi connectivity index (χ1n) is 9.70. The van der Waals surface area contributed by atoms with Crippen molar-refractivity contribution in [3.8, 4) is 0 Å². The van der Waals surface area contributed by atoms with Gasteiger partial charge in [-0.05, 0) is 31.1 Å². The van der Waals surface area contributed by atoms with Gasteiger partial charge in [-0.1, -0.05) is 48.0 Å². The highest BCUT2D eigenvalue weighted by molar-refractivity contribution is 6.06. The molecule has 5 nitrogen and oxygen atoms in total. The van der Waals surface area contributed by atoms with Crippen LogP contribution in [0.2, 0.25) is 0 Å². The van der Waals surface area contributed by atoms with Crippen LogP contribution >= 0.6 is 0 Å². The smallest absolute Gasteiger partial charge is 0.326 e. The minimum atomic E-state index is -0.480. The lowest BCUT2D eigenvalue weighted by atomic mass is 9.66. The molecule has 1 heterocycles. The number of nitrogens with zero attached hydrogens (tertiary/aromatic N) is 1. The zero-order valence-electron chi connectivity index (χ0n) is 16.5. The number of amides is 2. The fourth-order valence-electron chi connectivity index (χ4n) is 4.68. The Morgan fingerprint density at radius 2 is 1.72 bits per heavy atom. The Hall–Kier alpha value is -1.39. The molecule has 5 atom stereocenters. The third-order valence-electron chi connectivity index (χ3n) is 6.41. The topological polar surface area (TPSA) is 63.7 Å². The molecule has 0 N–H and O–H groups in total. The Bertz CT molecular complexity index is 524. The molecule has 5 unspecified atom stereocenters. The molecule has 2 rings (SSSR count). The first kappa shape index (κ1) is 19.9. The first-order valence-corrected chi connectivity index (χ1v) is 9.70. The SMILES string of the molecule is CCC1(OC(=O)CN2C(=O)C(C)C(C)C2=O)CC(C)CCC1C(C)C. The number of carbonyl (C=O) groups is 3. The maximum atomic E-state index is 12.6. The summed E-state index contributed by atoms with van der Waals surface area (Å²) >= 11 is 0. The summed E-state index contributed by atoms with van der Waals surface area (Å²) in [7, 11) is 0. The fraction of sp³-hybridized carbons (Fsp3) is 0.850. The Morgan fingerprint density at radius 3 is 2.20 bits per heavy atom. The lowest BCUT2D eigenvalue weighted by molar-refractivity contribution is -0.180. The molecule has 25 heavy (non-hydrogen) atoms. The van der Waals surface area contributed by atoms with Gasteiger partial charge in [-0.3, -0.25) is 19.3 Å². The van der Waals surface area contributed by atoms with Crippen LogP contribution in [0.15, 0.2) is 0 Å². The van der Waals surface area contributed by atoms with Gasteiger partial charge in [0.1, 0.15) is 12.1 Å². The van der Waals surface area contributed by atoms with Crippen LogP contribution in [0, 0.1) is 29.6 Å². The van der Waals surface area contributed by atoms with Crippen molar-refractivity contribution in [2.75, 3.05) is 6.54 Å². The van der Waals surface area contributed by atoms with E-state index in [2.05, 4.69) is 27.7 Å². The third-order valence-corrected chi connectivity index (χ3v) is 6.41. The second-order valence-electron chi connectivity index (χ2n) is 8.47. The molecule has 0 aromatic heterocycles. The van der Waals surface area contributed by atoms with Crippen LogP contribution in [0.3, 0.4) is 0 Å². The van der Waals surface area contributed by atoms with E-state index in [1.165, 1.54) is 0 Å². The van der Waals surface area contributed by atoms with Crippen molar-refractivity contribution in [2.24, 2.45) is 29.6 Å². The van der Waals surface area contributed by atoms with Gasteiger partial charge in [0.25, 0.3) is 0 Å². The van der Waals surface area contributed by atoms with Gasteiger partial charge < -0.3 is 4.74 Å². The maximum Gasteiger partial charge on any atom is 0.326 e. The highest BCUT2D eigenvalue weighted by atomic mass is 16.6. The number of hydrogen-bond acceptors (Lipinski definition) is 4. The average Bonchev–Trinajstić information content (AvgIpc) is 2.72. The number of ether oxygens (including phenoxy) is 1. The van der Waals surface area contributed by atoms with Crippen LogP contribution in [0.1, 0.15) is 67.2 Å². The summed E-state index contributed by atoms with van der Waals surface area (Å²) in [6.45, 7) is 11.8. The van der Waals surface area contributed by atoms with Crippen LogP contribution in [-0.4, -0.2) is 34.8 Å². The Kier molecular flexibility index (Phi) is 5.95. The number of rotatable bonds is 5. The summed E-state index contributed by atoms with van der Waals surface area (Å²) in [4.78, 5) is 38.2. The van der Waals surface area contributed by atoms with Crippen molar-refractivity contribution in [3.05, 3.63) is 0 Å². The summed E-state index contributed by atoms with van der Waals surface area (Å²) in [6, 6.07) is 0. The second kappa shape index (κ2) is 7.46. The predicted molar refractivity (Wildman–Crippen MR) is 95.5 cm³/mol. The molecule has 0 radical (unpaired) electrons. The molecular formula is C20H33NO4. The molecule has 0 aromatic rings. The zero-order valence-corrected chi connectivity index (χ0v) is 16.5. The Morgan fingerprint density at radius 1 is 1.16 bits per heavy atom. The van der Waals surface area contributed by atoms with Crippen molar-refractivity contribution in [3.63, 3.8) is 0 Å². The summed E-state index contributed by atoms with van der Waals surface area (Å²) < 4.78 is 6.02. The van der Waals surface area contributed by atoms with E-state index in [1.807, 2.05) is 0 Å². The molecule has 1 aliphatic heterocycles. The summed E-state index contributed by atoms with van der Waals surface area (Å²) in [6.07, 6.45) is 3.82. The Balaban J connectivity index is 2.13. The average molecular weight is 351 g/mol. The van der Waals surface area contributed by atoms with E-state index in [4.69, 9.17) is 4.74 Å². The van der Waals surface area contributed by atoms with Crippen molar-refractivity contribution in [1.82, 2.24) is 4.90 Å². The monoisotopic (exact) mass is 351 g/mol. The lowest BCUT2D eigenvalue weighted by Gasteiger charge is -2.47. The third kappa shape index (κ3) is 3.75. The van der Waals surface area contributed by atoms with Gasteiger partial charge in [0, 0.05) is 17.8 Å². The van der Waals surface area contributed by atoms with Crippen molar-refractivity contribution >= 4 is 17.8 Å². The maximum absolute atomic E-state index is 12.6. The van der Waals surface area contributed by atoms with Gasteiger partial charge in [0.05, 0.1) is 0 Å². The molecule has 1 aliphatic carbocycles. The summed E-state index contributed by atoms with van der Waals surface area (Å²) in [5.41, 5.74) is -0.480. The van der Waals surface area contributed by atoms with E-state index in [0.29, 0.717) is 17.8 Å². The van der Waals surface area contributed by atoms with E-state index in [0.717, 1.165) is 30.6 Å². The van der Waals surface area contributed by atoms with Gasteiger partial charge in [-0.25, -0.2) is 0 Å². The normalized spacial score (nSPS) is 36.2. The van der Waals surface area contributed by atoms with E-state index in [-0.39, 0.29) is 30.2 Å². The van der Waals surface area contributed by atoms with E-state index >= 15 is 0 Å². The zero-order chi connectivity index (χ0) is 18.9. The summed E-state index contributed by atoms with van der Waals surface area (Å²) in [5, 5.41) is 0. The van der Waals surface area contributed by atoms with Gasteiger partial charge >= 0.3 is 5.97 Å². The number of carbonyl (C=O) groups excluding carboxylic acids is 3. The Labute approximate surface area is 151 Å². The van der Waals surface area contributed by atoms with E-state index in [9.17, 15) is 14.4 Å². The fourth-order valence-corrected chi connectivity index (χ4v) is 4.68. The first-order chi connectivity index (χ1) is 11.6. The van der Waals surface area contributed by atoms with Crippen LogP contribution in [0.25, 0.3) is 0 Å². The highest BCUT2D eigenvalue weighted by Gasteiger charge is 2.48. The number of likely N-dealkylation sites (tertiary alicyclic amines) is 1. The van der Waals surface area contributed by atoms with E-state index < -0.39 is 11.6 Å². The molecule has 1 saturated carbocycles. The minimum absolute atomic E-state index is 0.257. The van der Waals surface area contributed by atoms with Gasteiger partial charge in [0.2, 0.25) is 11.8 Å². The van der Waals surface area contributed by atoms with Gasteiger partial charge in [-0.15, -0.1) is 0 Å². The molecule has 2 fully saturated rings. The minimum Gasteiger partial charge on any atom is -0.457 e. The van der Waals surface area contributed by atoms with Crippen LogP contribution in [-0.2, 0) is 19.1 Å². The largest absolute Gasteiger partial charge is 0.457 e. The standard InChI is InChI=1S/C20H33NO4/c1-7-20(10-13(4)8-9-16(20)12(2)3)25-17(22)11-21-18(23)14(5)15(6)19(21)24/h12-16H,7-11H2,1-6H3. The molecule has 2 aliphatic rings. The molecule has 142 valence electrons. The van der Waals surface area contributed by atoms with Crippen LogP contribution in [0.4, 0.5) is 0 Å². The van der Waals surface area contributed by atoms with Gasteiger partial charge in [-0.2, -0.15) is 0 Å². The van der Waals surface area contributed by atoms with Crippen LogP contribution in [0.5, 0.6) is 0 Å². The predicted octanol–water partition coefficient (Wildman–Crippen LogP) is 3.41. The number of hydrogen-bond donors (Lipinski definition) is 0. The van der Waals surface area contributed by atoms with Crippen LogP contribution < -0.4 is 0 Å². The molecule has 0 bridgehead atoms. The number of imide groups is 1. The molecule has 0 aromatic carbocycles. The van der Waals surface area contributed by atoms with Crippen molar-refractivity contribution in [1.29, 1.82) is 0 Å². The molecule has 2 amide bonds. The molecule has 0 spiro atoms. The molecular weight excluding hydrogens is 318 g/mol.